The summed E-state index contributed by atoms with van der Waals surface area (Å²) in [5.74, 6) is -2.61. The van der Waals surface area contributed by atoms with E-state index in [9.17, 15) is 26.8 Å². The smallest absolute Gasteiger partial charge is 0.264 e. The second-order valence-corrected chi connectivity index (χ2v) is 11.4. The van der Waals surface area contributed by atoms with Gasteiger partial charge in [-0.05, 0) is 50.1 Å². The number of hydrogen-bond donors (Lipinski definition) is 1. The van der Waals surface area contributed by atoms with E-state index in [-0.39, 0.29) is 28.7 Å². The van der Waals surface area contributed by atoms with Gasteiger partial charge < -0.3 is 10.2 Å². The summed E-state index contributed by atoms with van der Waals surface area (Å²) >= 11 is 0. The lowest BCUT2D eigenvalue weighted by molar-refractivity contribution is -0.139. The number of carbonyl (C=O) groups is 2. The summed E-state index contributed by atoms with van der Waals surface area (Å²) in [6.07, 6.45) is 3.64. The number of carbonyl (C=O) groups excluding carboxylic acids is 2. The summed E-state index contributed by atoms with van der Waals surface area (Å²) in [7, 11) is -4.38. The van der Waals surface area contributed by atoms with Gasteiger partial charge in [-0.2, -0.15) is 0 Å². The van der Waals surface area contributed by atoms with Crippen molar-refractivity contribution in [3.8, 4) is 0 Å². The number of rotatable bonds is 10. The Morgan fingerprint density at radius 1 is 0.897 bits per heavy atom. The van der Waals surface area contributed by atoms with Crippen LogP contribution in [0.4, 0.5) is 14.5 Å². The van der Waals surface area contributed by atoms with Gasteiger partial charge in [0.15, 0.2) is 0 Å². The quantitative estimate of drug-likeness (QED) is 0.395. The highest BCUT2D eigenvalue weighted by Gasteiger charge is 2.34. The van der Waals surface area contributed by atoms with Crippen molar-refractivity contribution in [2.75, 3.05) is 10.8 Å². The molecular weight excluding hydrogens is 524 g/mol. The molecule has 1 saturated carbocycles. The summed E-state index contributed by atoms with van der Waals surface area (Å²) in [6.45, 7) is 0.442. The van der Waals surface area contributed by atoms with Crippen molar-refractivity contribution in [1.82, 2.24) is 10.2 Å². The molecule has 0 unspecified atom stereocenters. The molecule has 10 heteroatoms. The van der Waals surface area contributed by atoms with Gasteiger partial charge in [0, 0.05) is 18.2 Å². The van der Waals surface area contributed by atoms with E-state index in [1.807, 2.05) is 0 Å². The predicted octanol–water partition coefficient (Wildman–Crippen LogP) is 4.64. The van der Waals surface area contributed by atoms with Gasteiger partial charge in [0.1, 0.15) is 24.2 Å². The minimum atomic E-state index is -4.38. The minimum Gasteiger partial charge on any atom is -0.352 e. The Labute approximate surface area is 227 Å². The van der Waals surface area contributed by atoms with E-state index in [2.05, 4.69) is 5.32 Å². The van der Waals surface area contributed by atoms with Gasteiger partial charge in [-0.1, -0.05) is 61.4 Å². The van der Waals surface area contributed by atoms with Crippen LogP contribution in [0.1, 0.15) is 38.2 Å². The topological polar surface area (TPSA) is 86.8 Å². The molecule has 4 rings (SSSR count). The van der Waals surface area contributed by atoms with Crippen molar-refractivity contribution in [3.05, 3.63) is 96.1 Å². The predicted molar refractivity (Wildman–Crippen MR) is 144 cm³/mol. The normalized spacial score (nSPS) is 14.5. The fourth-order valence-corrected chi connectivity index (χ4v) is 6.11. The molecule has 7 nitrogen and oxygen atoms in total. The zero-order valence-electron chi connectivity index (χ0n) is 21.6. The van der Waals surface area contributed by atoms with Gasteiger partial charge in [-0.15, -0.1) is 0 Å². The fraction of sp³-hybridized carbons (Fsp3) is 0.310. The average Bonchev–Trinajstić information content (AvgIpc) is 3.45. The van der Waals surface area contributed by atoms with Crippen molar-refractivity contribution >= 4 is 27.5 Å². The first-order valence-electron chi connectivity index (χ1n) is 12.8. The first kappa shape index (κ1) is 28.2. The van der Waals surface area contributed by atoms with Crippen LogP contribution in [0.3, 0.4) is 0 Å². The highest BCUT2D eigenvalue weighted by molar-refractivity contribution is 7.92. The number of anilines is 1. The Bertz CT molecular complexity index is 1410. The number of hydrogen-bond acceptors (Lipinski definition) is 4. The number of nitrogens with one attached hydrogen (secondary N) is 1. The van der Waals surface area contributed by atoms with E-state index in [1.165, 1.54) is 67.6 Å². The largest absolute Gasteiger partial charge is 0.352 e. The highest BCUT2D eigenvalue weighted by Crippen LogP contribution is 2.27. The highest BCUT2D eigenvalue weighted by atomic mass is 32.2. The van der Waals surface area contributed by atoms with Crippen molar-refractivity contribution < 1.29 is 26.8 Å². The summed E-state index contributed by atoms with van der Waals surface area (Å²) in [5, 5.41) is 2.95. The summed E-state index contributed by atoms with van der Waals surface area (Å²) in [4.78, 5) is 28.0. The molecule has 1 N–H and O–H groups in total. The molecule has 1 fully saturated rings. The molecule has 1 aliphatic carbocycles. The molecule has 0 spiro atoms. The number of nitrogens with zero attached hydrogens (tertiary/aromatic N) is 2. The molecule has 0 bridgehead atoms. The van der Waals surface area contributed by atoms with Crippen molar-refractivity contribution in [1.29, 1.82) is 0 Å². The molecule has 0 saturated heterocycles. The van der Waals surface area contributed by atoms with Crippen LogP contribution >= 0.6 is 0 Å². The molecule has 0 heterocycles. The molecular formula is C29H31F2N3O4S. The third-order valence-corrected chi connectivity index (χ3v) is 8.67. The lowest BCUT2D eigenvalue weighted by atomic mass is 10.1. The van der Waals surface area contributed by atoms with Crippen LogP contribution < -0.4 is 9.62 Å². The Hall–Kier alpha value is -3.79. The van der Waals surface area contributed by atoms with Gasteiger partial charge in [0.2, 0.25) is 11.8 Å². The van der Waals surface area contributed by atoms with Crippen LogP contribution in [0.15, 0.2) is 83.8 Å². The van der Waals surface area contributed by atoms with E-state index < -0.39 is 46.1 Å². The molecule has 1 aliphatic rings. The molecule has 0 aromatic heterocycles. The van der Waals surface area contributed by atoms with Crippen LogP contribution in [-0.2, 0) is 26.2 Å². The second-order valence-electron chi connectivity index (χ2n) is 9.56. The average molecular weight is 556 g/mol. The van der Waals surface area contributed by atoms with E-state index in [0.717, 1.165) is 36.6 Å². The van der Waals surface area contributed by atoms with Crippen LogP contribution in [0.25, 0.3) is 0 Å². The van der Waals surface area contributed by atoms with Gasteiger partial charge in [0.25, 0.3) is 10.0 Å². The molecule has 3 aromatic rings. The first-order valence-corrected chi connectivity index (χ1v) is 14.3. The monoisotopic (exact) mass is 555 g/mol. The summed E-state index contributed by atoms with van der Waals surface area (Å²) < 4.78 is 57.5. The van der Waals surface area contributed by atoms with Crippen LogP contribution in [-0.4, -0.2) is 43.8 Å². The Morgan fingerprint density at radius 3 is 2.13 bits per heavy atom. The summed E-state index contributed by atoms with van der Waals surface area (Å²) in [5.41, 5.74) is -0.154. The van der Waals surface area contributed by atoms with E-state index in [1.54, 1.807) is 12.1 Å². The van der Waals surface area contributed by atoms with Crippen LogP contribution in [0.5, 0.6) is 0 Å². The molecule has 206 valence electrons. The lowest BCUT2D eigenvalue weighted by Gasteiger charge is -2.32. The second kappa shape index (κ2) is 12.4. The molecule has 39 heavy (non-hydrogen) atoms. The number of amides is 2. The maximum Gasteiger partial charge on any atom is 0.264 e. The number of sulfonamides is 1. The molecule has 2 amide bonds. The van der Waals surface area contributed by atoms with Gasteiger partial charge in [-0.3, -0.25) is 13.9 Å². The standard InChI is InChI=1S/C29H31F2N3O4S/c1-21(29(36)32-23-12-6-7-13-23)33(19-22-11-5-8-16-25(22)30)28(35)20-34(27-18-10-9-17-26(27)31)39(37,38)24-14-3-2-4-15-24/h2-5,8-11,14-18,21,23H,6-7,12-13,19-20H2,1H3,(H,32,36)/t21-/m0/s1. The first-order chi connectivity index (χ1) is 18.7. The Balaban J connectivity index is 1.69. The lowest BCUT2D eigenvalue weighted by Crippen LogP contribution is -2.52. The number of halogens is 2. The molecule has 3 aromatic carbocycles. The van der Waals surface area contributed by atoms with Crippen molar-refractivity contribution in [2.45, 2.75) is 56.1 Å². The van der Waals surface area contributed by atoms with Gasteiger partial charge in [0.05, 0.1) is 10.6 Å². The number of benzene rings is 3. The van der Waals surface area contributed by atoms with Crippen molar-refractivity contribution in [3.63, 3.8) is 0 Å². The summed E-state index contributed by atoms with van der Waals surface area (Å²) in [6, 6.07) is 17.4. The molecule has 0 radical (unpaired) electrons. The van der Waals surface area contributed by atoms with Gasteiger partial charge >= 0.3 is 0 Å². The maximum absolute atomic E-state index is 14.9. The van der Waals surface area contributed by atoms with Crippen molar-refractivity contribution in [2.24, 2.45) is 0 Å². The fourth-order valence-electron chi connectivity index (χ4n) is 4.67. The third kappa shape index (κ3) is 6.62. The SMILES string of the molecule is C[C@@H](C(=O)NC1CCCC1)N(Cc1ccccc1F)C(=O)CN(c1ccccc1F)S(=O)(=O)c1ccccc1. The van der Waals surface area contributed by atoms with Gasteiger partial charge in [-0.25, -0.2) is 17.2 Å². The van der Waals surface area contributed by atoms with E-state index in [0.29, 0.717) is 4.31 Å². The minimum absolute atomic E-state index is 0.0151. The number of para-hydroxylation sites is 1. The Kier molecular flexibility index (Phi) is 8.96. The maximum atomic E-state index is 14.9. The van der Waals surface area contributed by atoms with E-state index >= 15 is 0 Å². The molecule has 0 aliphatic heterocycles. The van der Waals surface area contributed by atoms with Crippen LogP contribution in [0, 0.1) is 11.6 Å². The Morgan fingerprint density at radius 2 is 1.49 bits per heavy atom. The zero-order valence-corrected chi connectivity index (χ0v) is 22.4. The third-order valence-electron chi connectivity index (χ3n) is 6.90. The van der Waals surface area contributed by atoms with Crippen LogP contribution in [0.2, 0.25) is 0 Å². The van der Waals surface area contributed by atoms with E-state index in [4.69, 9.17) is 0 Å². The molecule has 1 atom stereocenters. The zero-order chi connectivity index (χ0) is 28.0.